The number of nitrogens with zero attached hydrogens (tertiary/aromatic N) is 2. The van der Waals surface area contributed by atoms with Crippen LogP contribution in [0.15, 0.2) is 52.6 Å². The summed E-state index contributed by atoms with van der Waals surface area (Å²) in [5.74, 6) is -0.493. The second-order valence-electron chi connectivity index (χ2n) is 5.76. The normalized spacial score (nSPS) is 12.0. The second-order valence-corrected chi connectivity index (χ2v) is 7.53. The van der Waals surface area contributed by atoms with Crippen molar-refractivity contribution in [2.45, 2.75) is 18.2 Å². The number of guanidine groups is 1. The average molecular weight is 411 g/mol. The number of rotatable bonds is 9. The number of nitrogens with one attached hydrogen (secondary N) is 3. The fourth-order valence-corrected chi connectivity index (χ4v) is 3.31. The van der Waals surface area contributed by atoms with Crippen LogP contribution in [-0.4, -0.2) is 45.5 Å². The van der Waals surface area contributed by atoms with E-state index in [1.54, 1.807) is 6.07 Å². The van der Waals surface area contributed by atoms with Crippen LogP contribution < -0.4 is 15.4 Å². The number of aliphatic imine (C=N–C) groups is 1. The number of hydrogen-bond donors (Lipinski definition) is 3. The van der Waals surface area contributed by atoms with Crippen molar-refractivity contribution in [1.29, 1.82) is 0 Å². The zero-order chi connectivity index (χ0) is 20.4. The van der Waals surface area contributed by atoms with Crippen molar-refractivity contribution < 1.29 is 17.2 Å². The number of hydrogen-bond acceptors (Lipinski definition) is 4. The average Bonchev–Trinajstić information content (AvgIpc) is 2.68. The minimum Gasteiger partial charge on any atom is -0.357 e. The lowest BCUT2D eigenvalue weighted by molar-refractivity contribution is 0.581. The molecule has 1 aromatic heterocycles. The van der Waals surface area contributed by atoms with E-state index in [1.165, 1.54) is 18.5 Å². The molecule has 0 radical (unpaired) electrons. The van der Waals surface area contributed by atoms with Gasteiger partial charge in [0.2, 0.25) is 10.0 Å². The third-order valence-corrected chi connectivity index (χ3v) is 5.10. The number of pyridine rings is 1. The maximum Gasteiger partial charge on any atom is 0.242 e. The first-order valence-corrected chi connectivity index (χ1v) is 10.3. The molecule has 0 spiro atoms. The Labute approximate surface area is 163 Å². The van der Waals surface area contributed by atoms with Crippen LogP contribution in [0.2, 0.25) is 0 Å². The van der Waals surface area contributed by atoms with Crippen molar-refractivity contribution in [1.82, 2.24) is 20.3 Å². The van der Waals surface area contributed by atoms with Crippen LogP contribution in [0.25, 0.3) is 0 Å². The number of sulfonamides is 1. The lowest BCUT2D eigenvalue weighted by atomic mass is 10.1. The molecule has 0 saturated heterocycles. The Morgan fingerprint density at radius 3 is 2.71 bits per heavy atom. The molecule has 1 heterocycles. The lowest BCUT2D eigenvalue weighted by Crippen LogP contribution is -2.39. The smallest absolute Gasteiger partial charge is 0.242 e. The summed E-state index contributed by atoms with van der Waals surface area (Å²) in [5.41, 5.74) is 0.271. The molecule has 2 rings (SSSR count). The Balaban J connectivity index is 1.84. The minimum atomic E-state index is -3.63. The molecule has 0 aliphatic carbocycles. The van der Waals surface area contributed by atoms with Crippen LogP contribution >= 0.6 is 0 Å². The van der Waals surface area contributed by atoms with E-state index in [1.807, 2.05) is 6.92 Å². The monoisotopic (exact) mass is 411 g/mol. The Hall–Kier alpha value is -2.59. The minimum absolute atomic E-state index is 0.0844. The largest absolute Gasteiger partial charge is 0.357 e. The van der Waals surface area contributed by atoms with Gasteiger partial charge in [-0.2, -0.15) is 0 Å². The summed E-state index contributed by atoms with van der Waals surface area (Å²) in [4.78, 5) is 8.13. The highest BCUT2D eigenvalue weighted by molar-refractivity contribution is 7.89. The quantitative estimate of drug-likeness (QED) is 0.330. The maximum atomic E-state index is 13.6. The summed E-state index contributed by atoms with van der Waals surface area (Å²) < 4.78 is 53.5. The van der Waals surface area contributed by atoms with E-state index in [4.69, 9.17) is 0 Å². The van der Waals surface area contributed by atoms with Crippen molar-refractivity contribution in [2.75, 3.05) is 26.2 Å². The molecule has 152 valence electrons. The van der Waals surface area contributed by atoms with Crippen LogP contribution in [0.1, 0.15) is 12.5 Å². The maximum absolute atomic E-state index is 13.6. The number of benzene rings is 1. The first-order valence-electron chi connectivity index (χ1n) is 8.78. The summed E-state index contributed by atoms with van der Waals surface area (Å²) >= 11 is 0. The van der Waals surface area contributed by atoms with Gasteiger partial charge in [0.15, 0.2) is 5.96 Å². The highest BCUT2D eigenvalue weighted by Gasteiger charge is 2.12. The highest BCUT2D eigenvalue weighted by atomic mass is 32.2. The van der Waals surface area contributed by atoms with Crippen LogP contribution in [0.4, 0.5) is 8.78 Å². The standard InChI is InChI=1S/C18H23F2N5O2S/c1-2-22-18(23-9-7-14-12-15(19)5-6-17(14)20)24-10-11-25-28(26,27)16-4-3-8-21-13-16/h3-6,8,12-13,25H,2,7,9-11H2,1H3,(H2,22,23,24). The molecule has 0 saturated carbocycles. The fourth-order valence-electron chi connectivity index (χ4n) is 2.33. The molecule has 0 unspecified atom stereocenters. The molecule has 7 nitrogen and oxygen atoms in total. The summed E-state index contributed by atoms with van der Waals surface area (Å²) in [6.07, 6.45) is 3.04. The summed E-state index contributed by atoms with van der Waals surface area (Å²) in [5, 5.41) is 6.02. The van der Waals surface area contributed by atoms with E-state index in [9.17, 15) is 17.2 Å². The molecular formula is C18H23F2N5O2S. The van der Waals surface area contributed by atoms with Crippen LogP contribution in [0.3, 0.4) is 0 Å². The highest BCUT2D eigenvalue weighted by Crippen LogP contribution is 2.09. The van der Waals surface area contributed by atoms with Gasteiger partial charge in [0.1, 0.15) is 16.5 Å². The summed E-state index contributed by atoms with van der Waals surface area (Å²) in [6.45, 7) is 3.12. The number of aromatic nitrogens is 1. The van der Waals surface area contributed by atoms with E-state index < -0.39 is 21.7 Å². The van der Waals surface area contributed by atoms with Gasteiger partial charge < -0.3 is 10.6 Å². The second kappa shape index (κ2) is 10.7. The third-order valence-electron chi connectivity index (χ3n) is 3.66. The van der Waals surface area contributed by atoms with Crippen molar-refractivity contribution in [3.8, 4) is 0 Å². The van der Waals surface area contributed by atoms with Crippen LogP contribution in [-0.2, 0) is 16.4 Å². The molecule has 0 atom stereocenters. The predicted octanol–water partition coefficient (Wildman–Crippen LogP) is 1.44. The molecule has 10 heteroatoms. The van der Waals surface area contributed by atoms with Crippen LogP contribution in [0, 0.1) is 11.6 Å². The van der Waals surface area contributed by atoms with Gasteiger partial charge >= 0.3 is 0 Å². The Morgan fingerprint density at radius 2 is 2.00 bits per heavy atom. The van der Waals surface area contributed by atoms with Crippen molar-refractivity contribution >= 4 is 16.0 Å². The molecule has 0 amide bonds. The Bertz CT molecular complexity index is 892. The van der Waals surface area contributed by atoms with Gasteiger partial charge in [0.05, 0.1) is 6.54 Å². The fraction of sp³-hybridized carbons (Fsp3) is 0.333. The van der Waals surface area contributed by atoms with Gasteiger partial charge in [-0.25, -0.2) is 21.9 Å². The van der Waals surface area contributed by atoms with Gasteiger partial charge in [-0.3, -0.25) is 9.98 Å². The first-order chi connectivity index (χ1) is 13.4. The molecular weight excluding hydrogens is 388 g/mol. The predicted molar refractivity (Wildman–Crippen MR) is 103 cm³/mol. The number of halogens is 2. The zero-order valence-corrected chi connectivity index (χ0v) is 16.3. The molecule has 0 fully saturated rings. The Kier molecular flexibility index (Phi) is 8.27. The van der Waals surface area contributed by atoms with Gasteiger partial charge in [0.25, 0.3) is 0 Å². The van der Waals surface area contributed by atoms with Crippen molar-refractivity contribution in [3.05, 3.63) is 59.9 Å². The van der Waals surface area contributed by atoms with Gasteiger partial charge in [-0.1, -0.05) is 0 Å². The molecule has 28 heavy (non-hydrogen) atoms. The van der Waals surface area contributed by atoms with Crippen molar-refractivity contribution in [3.63, 3.8) is 0 Å². The van der Waals surface area contributed by atoms with Gasteiger partial charge in [0, 0.05) is 32.0 Å². The first kappa shape index (κ1) is 21.7. The van der Waals surface area contributed by atoms with E-state index in [-0.39, 0.29) is 30.0 Å². The van der Waals surface area contributed by atoms with E-state index in [0.717, 1.165) is 18.2 Å². The van der Waals surface area contributed by atoms with Crippen LogP contribution in [0.5, 0.6) is 0 Å². The SMILES string of the molecule is CCNC(=NCCNS(=O)(=O)c1cccnc1)NCCc1cc(F)ccc1F. The zero-order valence-electron chi connectivity index (χ0n) is 15.5. The van der Waals surface area contributed by atoms with Gasteiger partial charge in [-0.05, 0) is 49.2 Å². The summed E-state index contributed by atoms with van der Waals surface area (Å²) in [7, 11) is -3.63. The molecule has 1 aromatic carbocycles. The Morgan fingerprint density at radius 1 is 1.18 bits per heavy atom. The van der Waals surface area contributed by atoms with Crippen molar-refractivity contribution in [2.24, 2.45) is 4.99 Å². The van der Waals surface area contributed by atoms with Gasteiger partial charge in [-0.15, -0.1) is 0 Å². The molecule has 0 aliphatic heterocycles. The molecule has 0 aliphatic rings. The third kappa shape index (κ3) is 6.86. The topological polar surface area (TPSA) is 95.5 Å². The molecule has 0 bridgehead atoms. The summed E-state index contributed by atoms with van der Waals surface area (Å²) in [6, 6.07) is 6.33. The van der Waals surface area contributed by atoms with E-state index >= 15 is 0 Å². The molecule has 3 N–H and O–H groups in total. The lowest BCUT2D eigenvalue weighted by Gasteiger charge is -2.12. The van der Waals surface area contributed by atoms with E-state index in [2.05, 4.69) is 25.3 Å². The molecule has 2 aromatic rings. The van der Waals surface area contributed by atoms with E-state index in [0.29, 0.717) is 19.0 Å².